The van der Waals surface area contributed by atoms with E-state index in [-0.39, 0.29) is 5.92 Å². The average molecular weight is 398 g/mol. The molecule has 2 aromatic rings. The van der Waals surface area contributed by atoms with Gasteiger partial charge in [0.15, 0.2) is 5.82 Å². The number of benzene rings is 1. The third-order valence-corrected chi connectivity index (χ3v) is 6.14. The molecule has 6 heteroatoms. The van der Waals surface area contributed by atoms with Gasteiger partial charge in [0.05, 0.1) is 19.1 Å². The van der Waals surface area contributed by atoms with Crippen molar-refractivity contribution in [3.63, 3.8) is 0 Å². The van der Waals surface area contributed by atoms with Crippen molar-refractivity contribution in [1.82, 2.24) is 15.0 Å². The van der Waals surface area contributed by atoms with E-state index in [2.05, 4.69) is 10.1 Å². The number of amides is 1. The van der Waals surface area contributed by atoms with Gasteiger partial charge >= 0.3 is 0 Å². The molecule has 29 heavy (non-hydrogen) atoms. The number of aromatic nitrogens is 2. The maximum absolute atomic E-state index is 12.6. The Kier molecular flexibility index (Phi) is 6.93. The SMILES string of the molecule is O=C(CC1CCCCC1)N1CCC(c2nc(CCOCc3ccccc3)no2)C1. The monoisotopic (exact) mass is 397 g/mol. The van der Waals surface area contributed by atoms with Crippen LogP contribution in [0.25, 0.3) is 0 Å². The van der Waals surface area contributed by atoms with E-state index >= 15 is 0 Å². The summed E-state index contributed by atoms with van der Waals surface area (Å²) >= 11 is 0. The molecule has 0 radical (unpaired) electrons. The predicted octanol–water partition coefficient (Wildman–Crippen LogP) is 4.12. The molecule has 156 valence electrons. The standard InChI is InChI=1S/C23H31N3O3/c27-22(15-18-7-3-1-4-8-18)26-13-11-20(16-26)23-24-21(25-29-23)12-14-28-17-19-9-5-2-6-10-19/h2,5-6,9-10,18,20H,1,3-4,7-8,11-17H2. The largest absolute Gasteiger partial charge is 0.376 e. The van der Waals surface area contributed by atoms with Crippen LogP contribution >= 0.6 is 0 Å². The molecule has 1 saturated carbocycles. The van der Waals surface area contributed by atoms with Crippen LogP contribution in [-0.2, 0) is 22.6 Å². The highest BCUT2D eigenvalue weighted by atomic mass is 16.5. The molecular formula is C23H31N3O3. The van der Waals surface area contributed by atoms with E-state index in [0.717, 1.165) is 18.5 Å². The van der Waals surface area contributed by atoms with Gasteiger partial charge in [-0.2, -0.15) is 4.98 Å². The van der Waals surface area contributed by atoms with Gasteiger partial charge in [0, 0.05) is 25.9 Å². The number of hydrogen-bond acceptors (Lipinski definition) is 5. The molecule has 4 rings (SSSR count). The molecule has 0 N–H and O–H groups in total. The highest BCUT2D eigenvalue weighted by Crippen LogP contribution is 2.30. The van der Waals surface area contributed by atoms with Crippen molar-refractivity contribution in [2.24, 2.45) is 5.92 Å². The van der Waals surface area contributed by atoms with E-state index in [4.69, 9.17) is 9.26 Å². The van der Waals surface area contributed by atoms with Crippen LogP contribution in [0, 0.1) is 5.92 Å². The maximum atomic E-state index is 12.6. The van der Waals surface area contributed by atoms with E-state index in [9.17, 15) is 4.79 Å². The van der Waals surface area contributed by atoms with Crippen molar-refractivity contribution in [2.75, 3.05) is 19.7 Å². The third-order valence-electron chi connectivity index (χ3n) is 6.14. The van der Waals surface area contributed by atoms with Gasteiger partial charge in [-0.1, -0.05) is 54.8 Å². The van der Waals surface area contributed by atoms with Crippen LogP contribution in [-0.4, -0.2) is 40.6 Å². The normalized spacial score (nSPS) is 20.3. The summed E-state index contributed by atoms with van der Waals surface area (Å²) in [6.07, 6.45) is 8.55. The molecule has 0 spiro atoms. The van der Waals surface area contributed by atoms with Gasteiger partial charge in [-0.25, -0.2) is 0 Å². The molecule has 1 atom stereocenters. The van der Waals surface area contributed by atoms with Gasteiger partial charge in [-0.05, 0) is 30.7 Å². The fourth-order valence-electron chi connectivity index (χ4n) is 4.42. The Hall–Kier alpha value is -2.21. The third kappa shape index (κ3) is 5.66. The summed E-state index contributed by atoms with van der Waals surface area (Å²) in [6.45, 7) is 2.66. The van der Waals surface area contributed by atoms with Crippen molar-refractivity contribution in [3.8, 4) is 0 Å². The molecular weight excluding hydrogens is 366 g/mol. The molecule has 1 unspecified atom stereocenters. The summed E-state index contributed by atoms with van der Waals surface area (Å²) in [4.78, 5) is 19.2. The summed E-state index contributed by atoms with van der Waals surface area (Å²) in [5, 5.41) is 4.10. The number of carbonyl (C=O) groups is 1. The number of nitrogens with zero attached hydrogens (tertiary/aromatic N) is 3. The molecule has 0 bridgehead atoms. The summed E-state index contributed by atoms with van der Waals surface area (Å²) in [6, 6.07) is 10.1. The molecule has 1 aromatic heterocycles. The highest BCUT2D eigenvalue weighted by molar-refractivity contribution is 5.76. The molecule has 1 aliphatic carbocycles. The first kappa shape index (κ1) is 20.1. The van der Waals surface area contributed by atoms with Crippen LogP contribution in [0.4, 0.5) is 0 Å². The second kappa shape index (κ2) is 10.0. The second-order valence-electron chi connectivity index (χ2n) is 8.37. The molecule has 1 aromatic carbocycles. The van der Waals surface area contributed by atoms with Crippen molar-refractivity contribution in [1.29, 1.82) is 0 Å². The first-order chi connectivity index (χ1) is 14.3. The molecule has 2 heterocycles. The van der Waals surface area contributed by atoms with Crippen LogP contribution < -0.4 is 0 Å². The van der Waals surface area contributed by atoms with Gasteiger partial charge in [-0.15, -0.1) is 0 Å². The van der Waals surface area contributed by atoms with Crippen LogP contribution in [0.15, 0.2) is 34.9 Å². The van der Waals surface area contributed by atoms with Crippen LogP contribution in [0.5, 0.6) is 0 Å². The van der Waals surface area contributed by atoms with Crippen molar-refractivity contribution >= 4 is 5.91 Å². The minimum atomic E-state index is 0.164. The topological polar surface area (TPSA) is 68.5 Å². The van der Waals surface area contributed by atoms with E-state index in [0.29, 0.717) is 56.1 Å². The molecule has 1 saturated heterocycles. The van der Waals surface area contributed by atoms with Gasteiger partial charge < -0.3 is 14.2 Å². The zero-order valence-electron chi connectivity index (χ0n) is 17.1. The Bertz CT molecular complexity index is 771. The lowest BCUT2D eigenvalue weighted by Crippen LogP contribution is -2.30. The quantitative estimate of drug-likeness (QED) is 0.627. The Morgan fingerprint density at radius 3 is 2.79 bits per heavy atom. The fourth-order valence-corrected chi connectivity index (χ4v) is 4.42. The lowest BCUT2D eigenvalue weighted by Gasteiger charge is -2.24. The zero-order valence-corrected chi connectivity index (χ0v) is 17.1. The second-order valence-corrected chi connectivity index (χ2v) is 8.37. The lowest BCUT2D eigenvalue weighted by molar-refractivity contribution is -0.131. The number of hydrogen-bond donors (Lipinski definition) is 0. The smallest absolute Gasteiger partial charge is 0.231 e. The molecule has 1 aliphatic heterocycles. The van der Waals surface area contributed by atoms with E-state index in [1.54, 1.807) is 0 Å². The van der Waals surface area contributed by atoms with Crippen molar-refractivity contribution in [3.05, 3.63) is 47.6 Å². The molecule has 1 amide bonds. The number of likely N-dealkylation sites (tertiary alicyclic amines) is 1. The summed E-state index contributed by atoms with van der Waals surface area (Å²) in [5.74, 6) is 2.39. The summed E-state index contributed by atoms with van der Waals surface area (Å²) in [7, 11) is 0. The van der Waals surface area contributed by atoms with E-state index in [1.165, 1.54) is 32.1 Å². The first-order valence-corrected chi connectivity index (χ1v) is 11.0. The summed E-state index contributed by atoms with van der Waals surface area (Å²) < 4.78 is 11.2. The highest BCUT2D eigenvalue weighted by Gasteiger charge is 2.32. The van der Waals surface area contributed by atoms with Gasteiger partial charge in [-0.3, -0.25) is 4.79 Å². The first-order valence-electron chi connectivity index (χ1n) is 11.0. The van der Waals surface area contributed by atoms with Crippen LogP contribution in [0.1, 0.15) is 68.1 Å². The summed E-state index contributed by atoms with van der Waals surface area (Å²) in [5.41, 5.74) is 1.16. The van der Waals surface area contributed by atoms with Crippen LogP contribution in [0.3, 0.4) is 0 Å². The van der Waals surface area contributed by atoms with E-state index < -0.39 is 0 Å². The molecule has 2 aliphatic rings. The minimum absolute atomic E-state index is 0.164. The zero-order chi connectivity index (χ0) is 19.9. The maximum Gasteiger partial charge on any atom is 0.231 e. The van der Waals surface area contributed by atoms with E-state index in [1.807, 2.05) is 35.2 Å². The van der Waals surface area contributed by atoms with Crippen molar-refractivity contribution in [2.45, 2.75) is 63.9 Å². The average Bonchev–Trinajstić information content (AvgIpc) is 3.42. The van der Waals surface area contributed by atoms with Gasteiger partial charge in [0.1, 0.15) is 0 Å². The number of ether oxygens (including phenoxy) is 1. The number of rotatable bonds is 8. The Morgan fingerprint density at radius 2 is 1.97 bits per heavy atom. The van der Waals surface area contributed by atoms with Crippen LogP contribution in [0.2, 0.25) is 0 Å². The van der Waals surface area contributed by atoms with Gasteiger partial charge in [0.25, 0.3) is 0 Å². The van der Waals surface area contributed by atoms with Gasteiger partial charge in [0.2, 0.25) is 11.8 Å². The number of carbonyl (C=O) groups excluding carboxylic acids is 1. The Labute approximate surface area is 172 Å². The Balaban J connectivity index is 1.19. The Morgan fingerprint density at radius 1 is 1.14 bits per heavy atom. The predicted molar refractivity (Wildman–Crippen MR) is 109 cm³/mol. The minimum Gasteiger partial charge on any atom is -0.376 e. The molecule has 6 nitrogen and oxygen atoms in total. The molecule has 2 fully saturated rings. The van der Waals surface area contributed by atoms with Crippen molar-refractivity contribution < 1.29 is 14.1 Å². The lowest BCUT2D eigenvalue weighted by atomic mass is 9.87. The fraction of sp³-hybridized carbons (Fsp3) is 0.609.